The van der Waals surface area contributed by atoms with Crippen LogP contribution in [0.15, 0.2) is 48.5 Å². The van der Waals surface area contributed by atoms with E-state index in [4.69, 9.17) is 0 Å². The van der Waals surface area contributed by atoms with Gasteiger partial charge in [-0.05, 0) is 48.2 Å². The molecule has 1 fully saturated rings. The monoisotopic (exact) mass is 425 g/mol. The molecule has 0 aromatic heterocycles. The van der Waals surface area contributed by atoms with Gasteiger partial charge < -0.3 is 15.1 Å². The van der Waals surface area contributed by atoms with Crippen molar-refractivity contribution in [2.45, 2.75) is 25.7 Å². The van der Waals surface area contributed by atoms with Crippen LogP contribution in [0.1, 0.15) is 25.7 Å². The van der Waals surface area contributed by atoms with Crippen molar-refractivity contribution in [3.63, 3.8) is 0 Å². The fourth-order valence-corrected chi connectivity index (χ4v) is 3.68. The Kier molecular flexibility index (Phi) is 7.39. The normalized spacial score (nSPS) is 16.0. The van der Waals surface area contributed by atoms with E-state index < -0.39 is 0 Å². The van der Waals surface area contributed by atoms with Crippen molar-refractivity contribution in [2.24, 2.45) is 5.92 Å². The maximum Gasteiger partial charge on any atom is 0.229 e. The molecule has 1 atom stereocenters. The topological polar surface area (TPSA) is 69.7 Å². The van der Waals surface area contributed by atoms with Crippen molar-refractivity contribution in [3.05, 3.63) is 54.3 Å². The Labute approximate surface area is 182 Å². The standard InChI is InChI=1S/C24H28FN3O3/c1-27(2)22(29)12-13-23(30)28-14-4-6-19(16-28)24(31)26-21-7-3-5-18(15-21)17-8-10-20(25)11-9-17/h3,5,7-11,15,19H,4,6,12-14,16H2,1-2H3,(H,26,31). The van der Waals surface area contributed by atoms with Gasteiger partial charge in [0.05, 0.1) is 5.92 Å². The van der Waals surface area contributed by atoms with Gasteiger partial charge in [0, 0.05) is 45.7 Å². The largest absolute Gasteiger partial charge is 0.349 e. The smallest absolute Gasteiger partial charge is 0.229 e. The third kappa shape index (κ3) is 6.13. The number of amides is 3. The Morgan fingerprint density at radius 1 is 1.06 bits per heavy atom. The molecule has 2 aromatic carbocycles. The van der Waals surface area contributed by atoms with Crippen LogP contribution >= 0.6 is 0 Å². The molecule has 2 aromatic rings. The molecule has 7 heteroatoms. The molecular weight excluding hydrogens is 397 g/mol. The van der Waals surface area contributed by atoms with Crippen LogP contribution in [0.2, 0.25) is 0 Å². The Morgan fingerprint density at radius 3 is 2.52 bits per heavy atom. The summed E-state index contributed by atoms with van der Waals surface area (Å²) in [6, 6.07) is 13.6. The first-order valence-electron chi connectivity index (χ1n) is 10.5. The molecule has 3 rings (SSSR count). The quantitative estimate of drug-likeness (QED) is 0.770. The fraction of sp³-hybridized carbons (Fsp3) is 0.375. The van der Waals surface area contributed by atoms with Gasteiger partial charge in [-0.1, -0.05) is 24.3 Å². The molecule has 1 heterocycles. The molecule has 31 heavy (non-hydrogen) atoms. The number of hydrogen-bond acceptors (Lipinski definition) is 3. The lowest BCUT2D eigenvalue weighted by Gasteiger charge is -2.32. The summed E-state index contributed by atoms with van der Waals surface area (Å²) in [7, 11) is 3.33. The van der Waals surface area contributed by atoms with E-state index in [0.717, 1.165) is 17.5 Å². The Morgan fingerprint density at radius 2 is 1.81 bits per heavy atom. The lowest BCUT2D eigenvalue weighted by atomic mass is 9.96. The minimum atomic E-state index is -0.296. The van der Waals surface area contributed by atoms with Gasteiger partial charge >= 0.3 is 0 Å². The minimum Gasteiger partial charge on any atom is -0.349 e. The van der Waals surface area contributed by atoms with Crippen molar-refractivity contribution in [1.82, 2.24) is 9.80 Å². The van der Waals surface area contributed by atoms with E-state index in [2.05, 4.69) is 5.32 Å². The molecule has 0 spiro atoms. The van der Waals surface area contributed by atoms with Crippen LogP contribution in [0.25, 0.3) is 11.1 Å². The number of nitrogens with one attached hydrogen (secondary N) is 1. The number of anilines is 1. The molecule has 1 unspecified atom stereocenters. The first-order chi connectivity index (χ1) is 14.8. The third-order valence-electron chi connectivity index (χ3n) is 5.50. The molecule has 0 bridgehead atoms. The summed E-state index contributed by atoms with van der Waals surface area (Å²) in [5.41, 5.74) is 2.40. The van der Waals surface area contributed by atoms with E-state index in [-0.39, 0.29) is 42.3 Å². The van der Waals surface area contributed by atoms with Crippen molar-refractivity contribution in [2.75, 3.05) is 32.5 Å². The van der Waals surface area contributed by atoms with E-state index in [0.29, 0.717) is 25.2 Å². The molecule has 6 nitrogen and oxygen atoms in total. The zero-order chi connectivity index (χ0) is 22.4. The molecule has 1 saturated heterocycles. The maximum absolute atomic E-state index is 13.2. The molecule has 3 amide bonds. The second kappa shape index (κ2) is 10.2. The van der Waals surface area contributed by atoms with Crippen molar-refractivity contribution in [1.29, 1.82) is 0 Å². The highest BCUT2D eigenvalue weighted by Crippen LogP contribution is 2.24. The highest BCUT2D eigenvalue weighted by atomic mass is 19.1. The van der Waals surface area contributed by atoms with Crippen LogP contribution in [0.4, 0.5) is 10.1 Å². The molecule has 1 N–H and O–H groups in total. The lowest BCUT2D eigenvalue weighted by molar-refractivity contribution is -0.138. The first kappa shape index (κ1) is 22.5. The van der Waals surface area contributed by atoms with E-state index in [1.165, 1.54) is 17.0 Å². The van der Waals surface area contributed by atoms with Crippen LogP contribution in [-0.2, 0) is 14.4 Å². The van der Waals surface area contributed by atoms with Gasteiger partial charge in [0.2, 0.25) is 17.7 Å². The second-order valence-electron chi connectivity index (χ2n) is 8.04. The first-order valence-corrected chi connectivity index (χ1v) is 10.5. The Hall–Kier alpha value is -3.22. The number of nitrogens with zero attached hydrogens (tertiary/aromatic N) is 2. The highest BCUT2D eigenvalue weighted by Gasteiger charge is 2.28. The van der Waals surface area contributed by atoms with E-state index in [9.17, 15) is 18.8 Å². The third-order valence-corrected chi connectivity index (χ3v) is 5.50. The number of halogens is 1. The number of carbonyl (C=O) groups excluding carboxylic acids is 3. The van der Waals surface area contributed by atoms with E-state index >= 15 is 0 Å². The van der Waals surface area contributed by atoms with Crippen molar-refractivity contribution in [3.8, 4) is 11.1 Å². The Bertz CT molecular complexity index is 943. The lowest BCUT2D eigenvalue weighted by Crippen LogP contribution is -2.44. The summed E-state index contributed by atoms with van der Waals surface area (Å²) < 4.78 is 13.2. The van der Waals surface area contributed by atoms with E-state index in [1.54, 1.807) is 31.1 Å². The van der Waals surface area contributed by atoms with Crippen LogP contribution < -0.4 is 5.32 Å². The van der Waals surface area contributed by atoms with Gasteiger partial charge in [-0.25, -0.2) is 4.39 Å². The van der Waals surface area contributed by atoms with Gasteiger partial charge in [0.1, 0.15) is 5.82 Å². The Balaban J connectivity index is 1.59. The summed E-state index contributed by atoms with van der Waals surface area (Å²) in [5.74, 6) is -0.891. The predicted molar refractivity (Wildman–Crippen MR) is 118 cm³/mol. The summed E-state index contributed by atoms with van der Waals surface area (Å²) >= 11 is 0. The number of benzene rings is 2. The second-order valence-corrected chi connectivity index (χ2v) is 8.04. The van der Waals surface area contributed by atoms with Crippen LogP contribution in [0.3, 0.4) is 0 Å². The summed E-state index contributed by atoms with van der Waals surface area (Å²) in [6.45, 7) is 0.970. The minimum absolute atomic E-state index is 0.0827. The fourth-order valence-electron chi connectivity index (χ4n) is 3.68. The van der Waals surface area contributed by atoms with Gasteiger partial charge in [0.15, 0.2) is 0 Å². The van der Waals surface area contributed by atoms with Gasteiger partial charge in [-0.15, -0.1) is 0 Å². The van der Waals surface area contributed by atoms with Gasteiger partial charge in [-0.3, -0.25) is 14.4 Å². The zero-order valence-corrected chi connectivity index (χ0v) is 17.9. The van der Waals surface area contributed by atoms with Crippen molar-refractivity contribution < 1.29 is 18.8 Å². The molecule has 1 aliphatic heterocycles. The van der Waals surface area contributed by atoms with E-state index in [1.807, 2.05) is 24.3 Å². The SMILES string of the molecule is CN(C)C(=O)CCC(=O)N1CCCC(C(=O)Nc2cccc(-c3ccc(F)cc3)c2)C1. The van der Waals surface area contributed by atoms with Crippen LogP contribution in [0, 0.1) is 11.7 Å². The number of likely N-dealkylation sites (tertiary alicyclic amines) is 1. The molecule has 1 aliphatic rings. The molecule has 0 radical (unpaired) electrons. The number of carbonyl (C=O) groups is 3. The molecule has 0 saturated carbocycles. The molecular formula is C24H28FN3O3. The molecule has 164 valence electrons. The maximum atomic E-state index is 13.2. The van der Waals surface area contributed by atoms with Gasteiger partial charge in [0.25, 0.3) is 0 Å². The average Bonchev–Trinajstić information content (AvgIpc) is 2.77. The van der Waals surface area contributed by atoms with Crippen molar-refractivity contribution >= 4 is 23.4 Å². The highest BCUT2D eigenvalue weighted by molar-refractivity contribution is 5.94. The number of piperidine rings is 1. The molecule has 0 aliphatic carbocycles. The number of rotatable bonds is 6. The summed E-state index contributed by atoms with van der Waals surface area (Å²) in [5, 5.41) is 2.95. The summed E-state index contributed by atoms with van der Waals surface area (Å²) in [4.78, 5) is 40.2. The summed E-state index contributed by atoms with van der Waals surface area (Å²) in [6.07, 6.45) is 1.80. The average molecular weight is 426 g/mol. The predicted octanol–water partition coefficient (Wildman–Crippen LogP) is 3.54. The number of hydrogen-bond donors (Lipinski definition) is 1. The van der Waals surface area contributed by atoms with Gasteiger partial charge in [-0.2, -0.15) is 0 Å². The van der Waals surface area contributed by atoms with Crippen LogP contribution in [0.5, 0.6) is 0 Å². The van der Waals surface area contributed by atoms with Crippen LogP contribution in [-0.4, -0.2) is 54.7 Å². The zero-order valence-electron chi connectivity index (χ0n) is 17.9.